The summed E-state index contributed by atoms with van der Waals surface area (Å²) in [6, 6.07) is 1.14. The number of aliphatic hydroxyl groups excluding tert-OH is 1. The van der Waals surface area contributed by atoms with Gasteiger partial charge in [0.1, 0.15) is 5.82 Å². The van der Waals surface area contributed by atoms with Crippen LogP contribution in [0.1, 0.15) is 0 Å². The fourth-order valence-electron chi connectivity index (χ4n) is 0.525. The third kappa shape index (κ3) is 2.71. The molecule has 0 heterocycles. The molecule has 0 aliphatic heterocycles. The fourth-order valence-corrected chi connectivity index (χ4v) is 0.719. The highest BCUT2D eigenvalue weighted by molar-refractivity contribution is 6.30. The van der Waals surface area contributed by atoms with Crippen molar-refractivity contribution >= 4 is 11.6 Å². The number of hydrogen-bond donors (Lipinski definition) is 1. The van der Waals surface area contributed by atoms with Gasteiger partial charge in [0, 0.05) is 13.2 Å². The van der Waals surface area contributed by atoms with Crippen LogP contribution in [-0.2, 0) is 0 Å². The van der Waals surface area contributed by atoms with Crippen molar-refractivity contribution in [2.24, 2.45) is 0 Å². The predicted octanol–water partition coefficient (Wildman–Crippen LogP) is 2.37. The zero-order chi connectivity index (χ0) is 9.72. The summed E-state index contributed by atoms with van der Waals surface area (Å²) in [4.78, 5) is 0. The quantitative estimate of drug-likeness (QED) is 0.501. The highest BCUT2D eigenvalue weighted by atomic mass is 35.5. The maximum absolute atomic E-state index is 12.2. The van der Waals surface area contributed by atoms with Crippen molar-refractivity contribution in [2.75, 3.05) is 7.11 Å². The van der Waals surface area contributed by atoms with E-state index in [2.05, 4.69) is 0 Å². The van der Waals surface area contributed by atoms with E-state index in [0.717, 1.165) is 7.11 Å². The molecule has 1 nitrogen and oxygen atoms in total. The van der Waals surface area contributed by atoms with E-state index in [4.69, 9.17) is 16.7 Å². The Morgan fingerprint density at radius 1 is 1.17 bits per heavy atom. The topological polar surface area (TPSA) is 20.2 Å². The van der Waals surface area contributed by atoms with Gasteiger partial charge in [0.2, 0.25) is 0 Å². The van der Waals surface area contributed by atoms with Gasteiger partial charge in [0.25, 0.3) is 0 Å². The molecule has 1 aromatic rings. The maximum Gasteiger partial charge on any atom is 0.177 e. The minimum atomic E-state index is -1.27. The minimum absolute atomic E-state index is 0.432. The van der Waals surface area contributed by atoms with E-state index in [9.17, 15) is 13.2 Å². The van der Waals surface area contributed by atoms with Crippen LogP contribution in [0.15, 0.2) is 12.1 Å². The van der Waals surface area contributed by atoms with Crippen molar-refractivity contribution in [2.45, 2.75) is 0 Å². The van der Waals surface area contributed by atoms with Crippen LogP contribution >= 0.6 is 11.6 Å². The zero-order valence-corrected chi connectivity index (χ0v) is 6.87. The first kappa shape index (κ1) is 11.3. The monoisotopic (exact) mass is 198 g/mol. The Morgan fingerprint density at radius 3 is 2.08 bits per heavy atom. The van der Waals surface area contributed by atoms with Gasteiger partial charge in [-0.15, -0.1) is 0 Å². The van der Waals surface area contributed by atoms with Gasteiger partial charge in [0.05, 0.1) is 5.02 Å². The molecule has 0 spiro atoms. The fraction of sp³-hybridized carbons (Fsp3) is 0.143. The second-order valence-electron chi connectivity index (χ2n) is 1.68. The van der Waals surface area contributed by atoms with E-state index < -0.39 is 22.5 Å². The average molecular weight is 199 g/mol. The second-order valence-corrected chi connectivity index (χ2v) is 2.09. The number of hydrogen-bond acceptors (Lipinski definition) is 1. The lowest BCUT2D eigenvalue weighted by Crippen LogP contribution is -1.86. The van der Waals surface area contributed by atoms with Gasteiger partial charge in [0.15, 0.2) is 11.6 Å². The molecule has 0 fully saturated rings. The van der Waals surface area contributed by atoms with Crippen LogP contribution in [-0.4, -0.2) is 12.2 Å². The molecule has 0 aliphatic rings. The van der Waals surface area contributed by atoms with E-state index in [0.29, 0.717) is 12.1 Å². The van der Waals surface area contributed by atoms with Gasteiger partial charge in [-0.25, -0.2) is 13.2 Å². The van der Waals surface area contributed by atoms with Gasteiger partial charge in [-0.3, -0.25) is 0 Å². The van der Waals surface area contributed by atoms with Gasteiger partial charge < -0.3 is 5.11 Å². The van der Waals surface area contributed by atoms with Gasteiger partial charge >= 0.3 is 0 Å². The SMILES string of the molecule is CO.Fc1cc(F)c(F)c(Cl)c1. The number of aliphatic hydroxyl groups is 1. The molecule has 0 aromatic heterocycles. The predicted molar refractivity (Wildman–Crippen MR) is 39.5 cm³/mol. The Hall–Kier alpha value is -0.740. The van der Waals surface area contributed by atoms with E-state index in [-0.39, 0.29) is 0 Å². The van der Waals surface area contributed by atoms with Crippen LogP contribution in [0.3, 0.4) is 0 Å². The van der Waals surface area contributed by atoms with Crippen LogP contribution in [0, 0.1) is 17.5 Å². The molecular weight excluding hydrogens is 193 g/mol. The van der Waals surface area contributed by atoms with Gasteiger partial charge in [-0.05, 0) is 6.07 Å². The number of benzene rings is 1. The highest BCUT2D eigenvalue weighted by Gasteiger charge is 2.07. The van der Waals surface area contributed by atoms with Crippen molar-refractivity contribution in [3.05, 3.63) is 34.6 Å². The van der Waals surface area contributed by atoms with Crippen molar-refractivity contribution in [3.8, 4) is 0 Å². The Morgan fingerprint density at radius 2 is 1.67 bits per heavy atom. The normalized spacial score (nSPS) is 8.83. The van der Waals surface area contributed by atoms with Crippen molar-refractivity contribution in [1.82, 2.24) is 0 Å². The standard InChI is InChI=1S/C6H2ClF3.CH4O/c7-4-1-3(8)2-5(9)6(4)10;1-2/h1-2H;2H,1H3. The van der Waals surface area contributed by atoms with E-state index in [1.807, 2.05) is 0 Å². The molecule has 68 valence electrons. The summed E-state index contributed by atoms with van der Waals surface area (Å²) in [6.45, 7) is 0. The number of halogens is 4. The molecule has 5 heteroatoms. The molecule has 0 aliphatic carbocycles. The molecule has 0 saturated heterocycles. The summed E-state index contributed by atoms with van der Waals surface area (Å²) in [5.41, 5.74) is 0. The van der Waals surface area contributed by atoms with Crippen LogP contribution in [0.4, 0.5) is 13.2 Å². The summed E-state index contributed by atoms with van der Waals surface area (Å²) >= 11 is 5.06. The second kappa shape index (κ2) is 5.00. The Labute approximate surface area is 72.4 Å². The molecular formula is C7H6ClF3O. The van der Waals surface area contributed by atoms with Crippen LogP contribution in [0.25, 0.3) is 0 Å². The first-order valence-corrected chi connectivity index (χ1v) is 3.24. The first-order chi connectivity index (χ1) is 5.61. The molecule has 12 heavy (non-hydrogen) atoms. The highest BCUT2D eigenvalue weighted by Crippen LogP contribution is 2.18. The first-order valence-electron chi connectivity index (χ1n) is 2.86. The summed E-state index contributed by atoms with van der Waals surface area (Å²) in [5, 5.41) is 6.46. The molecule has 0 bridgehead atoms. The van der Waals surface area contributed by atoms with Gasteiger partial charge in [-0.1, -0.05) is 11.6 Å². The molecule has 0 radical (unpaired) electrons. The molecule has 1 N–H and O–H groups in total. The molecule has 1 aromatic carbocycles. The molecule has 0 saturated carbocycles. The van der Waals surface area contributed by atoms with Crippen molar-refractivity contribution in [1.29, 1.82) is 0 Å². The minimum Gasteiger partial charge on any atom is -0.400 e. The van der Waals surface area contributed by atoms with Crippen LogP contribution in [0.2, 0.25) is 5.02 Å². The molecule has 0 atom stereocenters. The Bertz CT molecular complexity index is 242. The maximum atomic E-state index is 12.2. The molecule has 0 amide bonds. The smallest absolute Gasteiger partial charge is 0.177 e. The lowest BCUT2D eigenvalue weighted by molar-refractivity contribution is 0.399. The van der Waals surface area contributed by atoms with Crippen molar-refractivity contribution < 1.29 is 18.3 Å². The Kier molecular flexibility index (Phi) is 4.70. The largest absolute Gasteiger partial charge is 0.400 e. The summed E-state index contributed by atoms with van der Waals surface area (Å²) < 4.78 is 36.5. The third-order valence-electron chi connectivity index (χ3n) is 0.949. The van der Waals surface area contributed by atoms with Crippen LogP contribution < -0.4 is 0 Å². The number of rotatable bonds is 0. The van der Waals surface area contributed by atoms with Gasteiger partial charge in [-0.2, -0.15) is 0 Å². The average Bonchev–Trinajstić information content (AvgIpc) is 2.04. The lowest BCUT2D eigenvalue weighted by Gasteiger charge is -1.94. The summed E-state index contributed by atoms with van der Waals surface area (Å²) in [6.07, 6.45) is 0. The van der Waals surface area contributed by atoms with Crippen molar-refractivity contribution in [3.63, 3.8) is 0 Å². The van der Waals surface area contributed by atoms with E-state index in [1.165, 1.54) is 0 Å². The summed E-state index contributed by atoms with van der Waals surface area (Å²) in [5.74, 6) is -3.38. The zero-order valence-electron chi connectivity index (χ0n) is 6.11. The Balaban J connectivity index is 0.000000561. The van der Waals surface area contributed by atoms with Crippen LogP contribution in [0.5, 0.6) is 0 Å². The third-order valence-corrected chi connectivity index (χ3v) is 1.22. The molecule has 0 unspecified atom stereocenters. The lowest BCUT2D eigenvalue weighted by atomic mass is 10.3. The molecule has 1 rings (SSSR count). The summed E-state index contributed by atoms with van der Waals surface area (Å²) in [7, 11) is 1.00. The van der Waals surface area contributed by atoms with E-state index >= 15 is 0 Å². The van der Waals surface area contributed by atoms with E-state index in [1.54, 1.807) is 0 Å².